The number of carbonyl (C=O) groups is 1. The molecule has 104 valence electrons. The van der Waals surface area contributed by atoms with Gasteiger partial charge in [-0.3, -0.25) is 4.79 Å². The summed E-state index contributed by atoms with van der Waals surface area (Å²) in [5.41, 5.74) is 6.07. The van der Waals surface area contributed by atoms with Crippen molar-refractivity contribution in [1.82, 2.24) is 5.32 Å². The van der Waals surface area contributed by atoms with Crippen LogP contribution in [0.2, 0.25) is 0 Å². The molecule has 1 aromatic heterocycles. The summed E-state index contributed by atoms with van der Waals surface area (Å²) in [6.45, 7) is 4.88. The highest BCUT2D eigenvalue weighted by Crippen LogP contribution is 2.16. The zero-order chi connectivity index (χ0) is 14.3. The summed E-state index contributed by atoms with van der Waals surface area (Å²) >= 11 is 1.38. The first kappa shape index (κ1) is 15.7. The Hall–Kier alpha value is -1.35. The van der Waals surface area contributed by atoms with Crippen molar-refractivity contribution in [3.8, 4) is 11.8 Å². The zero-order valence-corrected chi connectivity index (χ0v) is 12.3. The Bertz CT molecular complexity index is 471. The highest BCUT2D eigenvalue weighted by Gasteiger charge is 2.19. The summed E-state index contributed by atoms with van der Waals surface area (Å²) in [5, 5.41) is 4.84. The molecule has 1 unspecified atom stereocenters. The molecule has 1 atom stereocenters. The number of carbonyl (C=O) groups excluding carboxylic acids is 1. The van der Waals surface area contributed by atoms with Crippen LogP contribution in [0.4, 0.5) is 0 Å². The van der Waals surface area contributed by atoms with Gasteiger partial charge in [0.2, 0.25) is 0 Å². The van der Waals surface area contributed by atoms with Crippen LogP contribution in [-0.2, 0) is 4.74 Å². The zero-order valence-electron chi connectivity index (χ0n) is 11.5. The molecule has 0 fully saturated rings. The number of ether oxygens (including phenoxy) is 1. The predicted molar refractivity (Wildman–Crippen MR) is 78.2 cm³/mol. The van der Waals surface area contributed by atoms with Gasteiger partial charge in [0.1, 0.15) is 4.88 Å². The van der Waals surface area contributed by atoms with Crippen molar-refractivity contribution in [3.05, 3.63) is 21.9 Å². The molecule has 0 aromatic carbocycles. The number of nitrogens with two attached hydrogens (primary N) is 1. The Balaban J connectivity index is 2.80. The third-order valence-electron chi connectivity index (χ3n) is 2.66. The van der Waals surface area contributed by atoms with Crippen LogP contribution in [0.15, 0.2) is 11.4 Å². The maximum absolute atomic E-state index is 12.2. The predicted octanol–water partition coefficient (Wildman–Crippen LogP) is 1.46. The molecule has 1 heterocycles. The number of rotatable bonds is 5. The van der Waals surface area contributed by atoms with Crippen molar-refractivity contribution in [2.24, 2.45) is 11.7 Å². The molecule has 0 aliphatic heterocycles. The minimum absolute atomic E-state index is 0.00471. The number of thiophene rings is 1. The van der Waals surface area contributed by atoms with E-state index in [0.29, 0.717) is 17.4 Å². The first-order chi connectivity index (χ1) is 9.10. The van der Waals surface area contributed by atoms with Crippen LogP contribution in [0.1, 0.15) is 29.1 Å². The average molecular weight is 280 g/mol. The highest BCUT2D eigenvalue weighted by atomic mass is 32.1. The second-order valence-corrected chi connectivity index (χ2v) is 5.36. The molecule has 0 spiro atoms. The molecule has 0 radical (unpaired) electrons. The molecule has 0 saturated heterocycles. The highest BCUT2D eigenvalue weighted by molar-refractivity contribution is 7.12. The summed E-state index contributed by atoms with van der Waals surface area (Å²) in [6.07, 6.45) is 0. The van der Waals surface area contributed by atoms with Crippen molar-refractivity contribution in [3.63, 3.8) is 0 Å². The molecule has 0 aliphatic rings. The number of methoxy groups -OCH3 is 1. The van der Waals surface area contributed by atoms with Crippen molar-refractivity contribution < 1.29 is 9.53 Å². The van der Waals surface area contributed by atoms with Crippen LogP contribution in [0.5, 0.6) is 0 Å². The molecule has 1 rings (SSSR count). The fourth-order valence-corrected chi connectivity index (χ4v) is 2.30. The topological polar surface area (TPSA) is 64.3 Å². The number of hydrogen-bond donors (Lipinski definition) is 2. The van der Waals surface area contributed by atoms with Gasteiger partial charge >= 0.3 is 0 Å². The Labute approximate surface area is 118 Å². The fourth-order valence-electron chi connectivity index (χ4n) is 1.54. The molecular weight excluding hydrogens is 260 g/mol. The van der Waals surface area contributed by atoms with E-state index in [0.717, 1.165) is 5.56 Å². The van der Waals surface area contributed by atoms with Crippen LogP contribution in [0.3, 0.4) is 0 Å². The summed E-state index contributed by atoms with van der Waals surface area (Å²) in [4.78, 5) is 12.9. The number of amides is 1. The van der Waals surface area contributed by atoms with E-state index in [1.165, 1.54) is 11.3 Å². The Morgan fingerprint density at radius 3 is 2.89 bits per heavy atom. The largest absolute Gasteiger partial charge is 0.383 e. The summed E-state index contributed by atoms with van der Waals surface area (Å²) in [5.74, 6) is 5.88. The second kappa shape index (κ2) is 7.95. The third-order valence-corrected chi connectivity index (χ3v) is 3.58. The summed E-state index contributed by atoms with van der Waals surface area (Å²) in [7, 11) is 1.63. The van der Waals surface area contributed by atoms with Gasteiger partial charge in [-0.2, -0.15) is 0 Å². The SMILES string of the molecule is COCC(NC(=O)c1sccc1C#CCN)C(C)C. The lowest BCUT2D eigenvalue weighted by Crippen LogP contribution is -2.41. The summed E-state index contributed by atoms with van der Waals surface area (Å²) in [6, 6.07) is 1.83. The average Bonchev–Trinajstić information content (AvgIpc) is 2.83. The van der Waals surface area contributed by atoms with E-state index in [1.54, 1.807) is 7.11 Å². The standard InChI is InChI=1S/C14H20N2O2S/c1-10(2)12(9-18-3)16-14(17)13-11(5-4-7-15)6-8-19-13/h6,8,10,12H,7,9,15H2,1-3H3,(H,16,17). The first-order valence-corrected chi connectivity index (χ1v) is 7.04. The molecule has 19 heavy (non-hydrogen) atoms. The normalized spacial score (nSPS) is 11.8. The van der Waals surface area contributed by atoms with Crippen LogP contribution in [0.25, 0.3) is 0 Å². The third kappa shape index (κ3) is 4.67. The van der Waals surface area contributed by atoms with Gasteiger partial charge in [-0.1, -0.05) is 25.7 Å². The van der Waals surface area contributed by atoms with Crippen molar-refractivity contribution in [2.45, 2.75) is 19.9 Å². The Morgan fingerprint density at radius 2 is 2.32 bits per heavy atom. The second-order valence-electron chi connectivity index (χ2n) is 4.45. The molecule has 0 bridgehead atoms. The molecule has 0 aliphatic carbocycles. The van der Waals surface area contributed by atoms with Crippen LogP contribution >= 0.6 is 11.3 Å². The van der Waals surface area contributed by atoms with E-state index in [9.17, 15) is 4.79 Å². The van der Waals surface area contributed by atoms with Crippen LogP contribution < -0.4 is 11.1 Å². The molecule has 3 N–H and O–H groups in total. The summed E-state index contributed by atoms with van der Waals surface area (Å²) < 4.78 is 5.12. The molecule has 1 amide bonds. The van der Waals surface area contributed by atoms with Crippen molar-refractivity contribution in [1.29, 1.82) is 0 Å². The minimum Gasteiger partial charge on any atom is -0.383 e. The van der Waals surface area contributed by atoms with Gasteiger partial charge in [-0.25, -0.2) is 0 Å². The van der Waals surface area contributed by atoms with Gasteiger partial charge in [-0.15, -0.1) is 11.3 Å². The lowest BCUT2D eigenvalue weighted by molar-refractivity contribution is 0.0870. The molecular formula is C14H20N2O2S. The van der Waals surface area contributed by atoms with Crippen molar-refractivity contribution in [2.75, 3.05) is 20.3 Å². The molecule has 4 nitrogen and oxygen atoms in total. The minimum atomic E-state index is -0.105. The lowest BCUT2D eigenvalue weighted by Gasteiger charge is -2.21. The smallest absolute Gasteiger partial charge is 0.262 e. The number of hydrogen-bond acceptors (Lipinski definition) is 4. The number of nitrogens with one attached hydrogen (secondary N) is 1. The van der Waals surface area contributed by atoms with Gasteiger partial charge in [0.15, 0.2) is 0 Å². The van der Waals surface area contributed by atoms with E-state index >= 15 is 0 Å². The fraction of sp³-hybridized carbons (Fsp3) is 0.500. The van der Waals surface area contributed by atoms with Gasteiger partial charge in [0, 0.05) is 12.7 Å². The van der Waals surface area contributed by atoms with E-state index < -0.39 is 0 Å². The molecule has 5 heteroatoms. The lowest BCUT2D eigenvalue weighted by atomic mass is 10.1. The van der Waals surface area contributed by atoms with Gasteiger partial charge < -0.3 is 15.8 Å². The molecule has 0 saturated carbocycles. The van der Waals surface area contributed by atoms with E-state index in [4.69, 9.17) is 10.5 Å². The van der Waals surface area contributed by atoms with E-state index in [2.05, 4.69) is 17.2 Å². The first-order valence-electron chi connectivity index (χ1n) is 6.16. The Kier molecular flexibility index (Phi) is 6.57. The van der Waals surface area contributed by atoms with Crippen molar-refractivity contribution >= 4 is 17.2 Å². The van der Waals surface area contributed by atoms with Gasteiger partial charge in [0.25, 0.3) is 5.91 Å². The van der Waals surface area contributed by atoms with Gasteiger partial charge in [0.05, 0.1) is 19.2 Å². The Morgan fingerprint density at radius 1 is 1.58 bits per heavy atom. The quantitative estimate of drug-likeness (QED) is 0.803. The van der Waals surface area contributed by atoms with E-state index in [1.807, 2.05) is 25.3 Å². The van der Waals surface area contributed by atoms with Gasteiger partial charge in [-0.05, 0) is 17.4 Å². The van der Waals surface area contributed by atoms with Crippen LogP contribution in [-0.4, -0.2) is 32.2 Å². The van der Waals surface area contributed by atoms with E-state index in [-0.39, 0.29) is 18.5 Å². The molecule has 1 aromatic rings. The maximum atomic E-state index is 12.2. The van der Waals surface area contributed by atoms with Crippen LogP contribution in [0, 0.1) is 17.8 Å². The monoisotopic (exact) mass is 280 g/mol. The maximum Gasteiger partial charge on any atom is 0.262 e.